The number of carbonyl (C=O) groups excluding carboxylic acids is 1. The Labute approximate surface area is 216 Å². The van der Waals surface area contributed by atoms with Gasteiger partial charge in [-0.15, -0.1) is 0 Å². The van der Waals surface area contributed by atoms with Crippen molar-refractivity contribution in [1.29, 1.82) is 0 Å². The lowest BCUT2D eigenvalue weighted by Crippen LogP contribution is -2.38. The largest absolute Gasteiger partial charge is 0.338 e. The van der Waals surface area contributed by atoms with Gasteiger partial charge in [-0.25, -0.2) is 4.68 Å². The van der Waals surface area contributed by atoms with Crippen molar-refractivity contribution in [2.75, 3.05) is 18.4 Å². The maximum Gasteiger partial charge on any atom is 0.295 e. The summed E-state index contributed by atoms with van der Waals surface area (Å²) in [7, 11) is 1.82. The molecule has 2 aromatic carbocycles. The van der Waals surface area contributed by atoms with E-state index in [2.05, 4.69) is 36.3 Å². The van der Waals surface area contributed by atoms with Gasteiger partial charge in [0.2, 0.25) is 17.6 Å². The summed E-state index contributed by atoms with van der Waals surface area (Å²) < 4.78 is 9.75. The molecule has 10 heteroatoms. The predicted octanol–water partition coefficient (Wildman–Crippen LogP) is 4.15. The molecule has 9 nitrogen and oxygen atoms in total. The van der Waals surface area contributed by atoms with Gasteiger partial charge in [-0.1, -0.05) is 51.4 Å². The molecule has 0 radical (unpaired) electrons. The number of likely N-dealkylation sites (tertiary alicyclic amines) is 1. The molecule has 4 aromatic rings. The van der Waals surface area contributed by atoms with E-state index >= 15 is 0 Å². The molecule has 0 aliphatic carbocycles. The summed E-state index contributed by atoms with van der Waals surface area (Å²) in [5.74, 6) is 0.829. The maximum absolute atomic E-state index is 13.1. The van der Waals surface area contributed by atoms with Crippen LogP contribution in [0.25, 0.3) is 17.1 Å². The van der Waals surface area contributed by atoms with Crippen LogP contribution in [0.3, 0.4) is 0 Å². The van der Waals surface area contributed by atoms with E-state index in [9.17, 15) is 9.59 Å². The zero-order valence-corrected chi connectivity index (χ0v) is 21.7. The normalized spacial score (nSPS) is 14.8. The number of nitrogens with zero attached hydrogens (tertiary/aromatic N) is 5. The fourth-order valence-corrected chi connectivity index (χ4v) is 4.95. The number of nitrogens with one attached hydrogen (secondary N) is 1. The third-order valence-corrected chi connectivity index (χ3v) is 7.16. The monoisotopic (exact) mass is 550 g/mol. The summed E-state index contributed by atoms with van der Waals surface area (Å²) in [5.41, 5.74) is 2.46. The summed E-state index contributed by atoms with van der Waals surface area (Å²) in [4.78, 5) is 32.9. The van der Waals surface area contributed by atoms with Crippen molar-refractivity contribution in [2.24, 2.45) is 13.0 Å². The highest BCUT2D eigenvalue weighted by Gasteiger charge is 2.28. The summed E-state index contributed by atoms with van der Waals surface area (Å²) in [6.45, 7) is 3.84. The molecule has 36 heavy (non-hydrogen) atoms. The van der Waals surface area contributed by atoms with Gasteiger partial charge in [-0.2, -0.15) is 4.98 Å². The van der Waals surface area contributed by atoms with E-state index in [1.165, 1.54) is 0 Å². The van der Waals surface area contributed by atoms with Crippen molar-refractivity contribution >= 4 is 27.5 Å². The Kier molecular flexibility index (Phi) is 6.88. The van der Waals surface area contributed by atoms with Crippen molar-refractivity contribution in [3.8, 4) is 17.1 Å². The average Bonchev–Trinajstić information content (AvgIpc) is 3.43. The van der Waals surface area contributed by atoms with Crippen LogP contribution in [0.4, 0.5) is 5.69 Å². The topological polar surface area (TPSA) is 98.2 Å². The number of piperidine rings is 1. The number of halogens is 1. The van der Waals surface area contributed by atoms with E-state index in [0.717, 1.165) is 28.8 Å². The highest BCUT2D eigenvalue weighted by atomic mass is 79.9. The van der Waals surface area contributed by atoms with E-state index < -0.39 is 0 Å². The van der Waals surface area contributed by atoms with Crippen LogP contribution in [-0.2, 0) is 18.4 Å². The van der Waals surface area contributed by atoms with E-state index in [0.29, 0.717) is 42.5 Å². The Morgan fingerprint density at radius 1 is 1.14 bits per heavy atom. The minimum Gasteiger partial charge on any atom is -0.338 e. The highest BCUT2D eigenvalue weighted by molar-refractivity contribution is 9.10. The fourth-order valence-electron chi connectivity index (χ4n) is 4.55. The standard InChI is InChI=1S/C26H27BrN6O3/c1-17-23(26(35)33(31(17)2)21-9-4-3-5-10-21)29-25(34)18-11-13-32(14-12-18)16-22-28-24(30-36-22)19-7-6-8-20(27)15-19/h3-10,15,18H,11-14,16H2,1-2H3,(H,29,34). The number of rotatable bonds is 6. The second-order valence-electron chi connectivity index (χ2n) is 9.00. The first-order valence-electron chi connectivity index (χ1n) is 11.9. The lowest BCUT2D eigenvalue weighted by atomic mass is 9.96. The molecule has 1 aliphatic rings. The van der Waals surface area contributed by atoms with Gasteiger partial charge in [-0.3, -0.25) is 19.2 Å². The summed E-state index contributed by atoms with van der Waals surface area (Å²) in [6, 6.07) is 17.2. The first kappa shape index (κ1) is 24.2. The minimum absolute atomic E-state index is 0.115. The van der Waals surface area contributed by atoms with Crippen LogP contribution in [0.15, 0.2) is 68.4 Å². The zero-order chi connectivity index (χ0) is 25.2. The molecule has 5 rings (SSSR count). The average molecular weight is 551 g/mol. The number of benzene rings is 2. The van der Waals surface area contributed by atoms with Gasteiger partial charge in [0.05, 0.1) is 17.9 Å². The molecule has 0 bridgehead atoms. The highest BCUT2D eigenvalue weighted by Crippen LogP contribution is 2.24. The van der Waals surface area contributed by atoms with Crippen molar-refractivity contribution in [3.05, 3.63) is 81.0 Å². The smallest absolute Gasteiger partial charge is 0.295 e. The molecule has 3 heterocycles. The Morgan fingerprint density at radius 3 is 2.61 bits per heavy atom. The second kappa shape index (κ2) is 10.2. The molecule has 1 saturated heterocycles. The molecule has 0 atom stereocenters. The third-order valence-electron chi connectivity index (χ3n) is 6.67. The first-order valence-corrected chi connectivity index (χ1v) is 12.7. The lowest BCUT2D eigenvalue weighted by molar-refractivity contribution is -0.121. The number of hydrogen-bond donors (Lipinski definition) is 1. The summed E-state index contributed by atoms with van der Waals surface area (Å²) in [6.07, 6.45) is 1.38. The quantitative estimate of drug-likeness (QED) is 0.387. The van der Waals surface area contributed by atoms with Gasteiger partial charge in [0.15, 0.2) is 0 Å². The van der Waals surface area contributed by atoms with Gasteiger partial charge in [0.1, 0.15) is 5.69 Å². The van der Waals surface area contributed by atoms with Crippen molar-refractivity contribution in [3.63, 3.8) is 0 Å². The Morgan fingerprint density at radius 2 is 1.89 bits per heavy atom. The molecular formula is C26H27BrN6O3. The van der Waals surface area contributed by atoms with Crippen LogP contribution in [0, 0.1) is 12.8 Å². The van der Waals surface area contributed by atoms with Crippen LogP contribution >= 0.6 is 15.9 Å². The minimum atomic E-state index is -0.232. The van der Waals surface area contributed by atoms with E-state index in [4.69, 9.17) is 4.52 Å². The lowest BCUT2D eigenvalue weighted by Gasteiger charge is -2.30. The molecule has 186 valence electrons. The van der Waals surface area contributed by atoms with Gasteiger partial charge < -0.3 is 9.84 Å². The summed E-state index contributed by atoms with van der Waals surface area (Å²) >= 11 is 3.46. The molecule has 1 N–H and O–H groups in total. The van der Waals surface area contributed by atoms with Crippen LogP contribution in [0.1, 0.15) is 24.4 Å². The van der Waals surface area contributed by atoms with E-state index in [1.807, 2.05) is 68.6 Å². The fraction of sp³-hybridized carbons (Fsp3) is 0.308. The van der Waals surface area contributed by atoms with Gasteiger partial charge >= 0.3 is 0 Å². The predicted molar refractivity (Wildman–Crippen MR) is 140 cm³/mol. The zero-order valence-electron chi connectivity index (χ0n) is 20.1. The van der Waals surface area contributed by atoms with Crippen molar-refractivity contribution in [1.82, 2.24) is 24.4 Å². The van der Waals surface area contributed by atoms with Crippen molar-refractivity contribution < 1.29 is 9.32 Å². The van der Waals surface area contributed by atoms with Crippen LogP contribution in [-0.4, -0.2) is 43.4 Å². The molecule has 0 unspecified atom stereocenters. The first-order chi connectivity index (χ1) is 17.4. The Balaban J connectivity index is 1.20. The molecule has 0 spiro atoms. The molecular weight excluding hydrogens is 524 g/mol. The van der Waals surface area contributed by atoms with Crippen molar-refractivity contribution in [2.45, 2.75) is 26.3 Å². The molecule has 2 aromatic heterocycles. The Hall–Kier alpha value is -3.50. The molecule has 1 fully saturated rings. The number of anilines is 1. The summed E-state index contributed by atoms with van der Waals surface area (Å²) in [5, 5.41) is 7.01. The Bertz CT molecular complexity index is 1430. The van der Waals surface area contributed by atoms with Crippen LogP contribution in [0.5, 0.6) is 0 Å². The van der Waals surface area contributed by atoms with E-state index in [-0.39, 0.29) is 17.4 Å². The van der Waals surface area contributed by atoms with Gasteiger partial charge in [0, 0.05) is 23.0 Å². The van der Waals surface area contributed by atoms with Gasteiger partial charge in [0.25, 0.3) is 5.56 Å². The van der Waals surface area contributed by atoms with Crippen LogP contribution < -0.4 is 10.9 Å². The number of carbonyl (C=O) groups is 1. The number of para-hydroxylation sites is 1. The molecule has 0 saturated carbocycles. The van der Waals surface area contributed by atoms with Crippen LogP contribution in [0.2, 0.25) is 0 Å². The maximum atomic E-state index is 13.1. The second-order valence-corrected chi connectivity index (χ2v) is 9.91. The number of amides is 1. The SMILES string of the molecule is Cc1c(NC(=O)C2CCN(Cc3nc(-c4cccc(Br)c4)no3)CC2)c(=O)n(-c2ccccc2)n1C. The number of aromatic nitrogens is 4. The van der Waals surface area contributed by atoms with E-state index in [1.54, 1.807) is 9.36 Å². The molecule has 1 aliphatic heterocycles. The third kappa shape index (κ3) is 4.91. The molecule has 1 amide bonds. The number of hydrogen-bond acceptors (Lipinski definition) is 6. The van der Waals surface area contributed by atoms with Gasteiger partial charge in [-0.05, 0) is 57.1 Å².